The van der Waals surface area contributed by atoms with Gasteiger partial charge >= 0.3 is 0 Å². The third-order valence-corrected chi connectivity index (χ3v) is 6.42. The third-order valence-electron chi connectivity index (χ3n) is 4.49. The van der Waals surface area contributed by atoms with Crippen LogP contribution in [0.1, 0.15) is 17.1 Å². The molecule has 0 aliphatic rings. The number of ether oxygens (including phenoxy) is 1. The van der Waals surface area contributed by atoms with Gasteiger partial charge in [0, 0.05) is 23.2 Å². The van der Waals surface area contributed by atoms with Crippen LogP contribution in [0, 0.1) is 6.92 Å². The van der Waals surface area contributed by atoms with Gasteiger partial charge in [-0.15, -0.1) is 28.1 Å². The van der Waals surface area contributed by atoms with Crippen LogP contribution < -0.4 is 4.74 Å². The predicted octanol–water partition coefficient (Wildman–Crippen LogP) is 5.77. The molecule has 0 N–H and O–H groups in total. The number of para-hydroxylation sites is 1. The Labute approximate surface area is 184 Å². The lowest BCUT2D eigenvalue weighted by Gasteiger charge is -2.08. The first kappa shape index (κ1) is 20.4. The highest BCUT2D eigenvalue weighted by molar-refractivity contribution is 7.98. The van der Waals surface area contributed by atoms with Crippen molar-refractivity contribution >= 4 is 23.1 Å². The molecule has 152 valence electrons. The monoisotopic (exact) mass is 434 g/mol. The van der Waals surface area contributed by atoms with E-state index in [0.29, 0.717) is 13.2 Å². The van der Waals surface area contributed by atoms with Crippen molar-refractivity contribution in [2.45, 2.75) is 31.0 Å². The maximum Gasteiger partial charge on any atom is 0.191 e. The van der Waals surface area contributed by atoms with E-state index in [1.165, 1.54) is 11.1 Å². The summed E-state index contributed by atoms with van der Waals surface area (Å²) < 4.78 is 7.88. The fraction of sp³-hybridized carbons (Fsp3) is 0.174. The van der Waals surface area contributed by atoms with Crippen LogP contribution in [0.25, 0.3) is 10.6 Å². The molecule has 0 aliphatic heterocycles. The molecule has 2 heterocycles. The number of aryl methyl sites for hydroxylation is 1. The van der Waals surface area contributed by atoms with E-state index in [1.807, 2.05) is 41.0 Å². The molecule has 0 radical (unpaired) electrons. The summed E-state index contributed by atoms with van der Waals surface area (Å²) in [5.41, 5.74) is 3.47. The van der Waals surface area contributed by atoms with Gasteiger partial charge in [-0.25, -0.2) is 4.98 Å². The Morgan fingerprint density at radius 1 is 1.10 bits per heavy atom. The highest BCUT2D eigenvalue weighted by Crippen LogP contribution is 2.29. The molecule has 5 nitrogen and oxygen atoms in total. The molecule has 4 aromatic rings. The van der Waals surface area contributed by atoms with Crippen molar-refractivity contribution in [3.8, 4) is 16.3 Å². The minimum atomic E-state index is 0.361. The topological polar surface area (TPSA) is 52.8 Å². The highest BCUT2D eigenvalue weighted by Gasteiger charge is 2.14. The van der Waals surface area contributed by atoms with E-state index in [0.717, 1.165) is 33.2 Å². The zero-order chi connectivity index (χ0) is 20.8. The molecule has 0 atom stereocenters. The van der Waals surface area contributed by atoms with E-state index >= 15 is 0 Å². The quantitative estimate of drug-likeness (QED) is 0.247. The van der Waals surface area contributed by atoms with Gasteiger partial charge in [-0.3, -0.25) is 4.57 Å². The third kappa shape index (κ3) is 4.80. The Morgan fingerprint density at radius 3 is 2.70 bits per heavy atom. The molecule has 0 unspecified atom stereocenters. The zero-order valence-electron chi connectivity index (χ0n) is 16.7. The van der Waals surface area contributed by atoms with Crippen LogP contribution in [0.3, 0.4) is 0 Å². The minimum absolute atomic E-state index is 0.361. The van der Waals surface area contributed by atoms with Gasteiger partial charge in [-0.2, -0.15) is 0 Å². The van der Waals surface area contributed by atoms with Gasteiger partial charge in [-0.1, -0.05) is 60.3 Å². The van der Waals surface area contributed by atoms with Crippen LogP contribution in [-0.4, -0.2) is 19.7 Å². The number of benzene rings is 2. The van der Waals surface area contributed by atoms with Gasteiger partial charge in [0.1, 0.15) is 17.4 Å². The van der Waals surface area contributed by atoms with Crippen molar-refractivity contribution in [1.82, 2.24) is 19.7 Å². The summed E-state index contributed by atoms with van der Waals surface area (Å²) in [4.78, 5) is 4.81. The van der Waals surface area contributed by atoms with Gasteiger partial charge < -0.3 is 4.74 Å². The zero-order valence-corrected chi connectivity index (χ0v) is 18.3. The van der Waals surface area contributed by atoms with Crippen molar-refractivity contribution < 1.29 is 4.74 Å². The van der Waals surface area contributed by atoms with Crippen LogP contribution in [0.15, 0.2) is 77.8 Å². The first-order valence-corrected chi connectivity index (χ1v) is 11.4. The second-order valence-electron chi connectivity index (χ2n) is 6.65. The second-order valence-corrected chi connectivity index (χ2v) is 8.45. The molecule has 0 spiro atoms. The van der Waals surface area contributed by atoms with Gasteiger partial charge in [0.2, 0.25) is 0 Å². The number of thioether (sulfide) groups is 1. The molecule has 4 rings (SSSR count). The number of rotatable bonds is 9. The van der Waals surface area contributed by atoms with Crippen LogP contribution >= 0.6 is 23.1 Å². The lowest BCUT2D eigenvalue weighted by molar-refractivity contribution is 0.289. The van der Waals surface area contributed by atoms with Crippen LogP contribution in [0.5, 0.6) is 5.75 Å². The van der Waals surface area contributed by atoms with Crippen molar-refractivity contribution in [2.75, 3.05) is 0 Å². The molecule has 0 aliphatic carbocycles. The number of allylic oxidation sites excluding steroid dienone is 1. The normalized spacial score (nSPS) is 10.8. The summed E-state index contributed by atoms with van der Waals surface area (Å²) in [6.45, 7) is 6.97. The molecular weight excluding hydrogens is 412 g/mol. The van der Waals surface area contributed by atoms with Crippen LogP contribution in [0.2, 0.25) is 0 Å². The summed E-state index contributed by atoms with van der Waals surface area (Å²) in [6, 6.07) is 18.0. The van der Waals surface area contributed by atoms with Crippen molar-refractivity contribution in [3.63, 3.8) is 0 Å². The summed E-state index contributed by atoms with van der Waals surface area (Å²) in [5, 5.41) is 12.7. The molecular formula is C23H22N4OS2. The molecule has 0 saturated carbocycles. The standard InChI is InChI=1S/C23H22N4OS2/c1-3-13-27-21(14-28-19-10-5-4-6-11-19)25-26-23(27)30-16-18-15-29-22(24-18)20-12-8-7-9-17(20)2/h3-12,15H,1,13-14,16H2,2H3. The minimum Gasteiger partial charge on any atom is -0.486 e. The first-order chi connectivity index (χ1) is 14.7. The fourth-order valence-corrected chi connectivity index (χ4v) is 4.83. The van der Waals surface area contributed by atoms with Gasteiger partial charge in [0.05, 0.1) is 5.69 Å². The number of nitrogens with zero attached hydrogens (tertiary/aromatic N) is 4. The molecule has 0 saturated heterocycles. The molecule has 0 bridgehead atoms. The van der Waals surface area contributed by atoms with Crippen molar-refractivity contribution in [1.29, 1.82) is 0 Å². The van der Waals surface area contributed by atoms with E-state index in [4.69, 9.17) is 9.72 Å². The average molecular weight is 435 g/mol. The van der Waals surface area contributed by atoms with Crippen LogP contribution in [0.4, 0.5) is 0 Å². The number of aromatic nitrogens is 4. The van der Waals surface area contributed by atoms with Crippen LogP contribution in [-0.2, 0) is 18.9 Å². The Balaban J connectivity index is 1.44. The highest BCUT2D eigenvalue weighted by atomic mass is 32.2. The molecule has 0 amide bonds. The largest absolute Gasteiger partial charge is 0.486 e. The van der Waals surface area contributed by atoms with Crippen molar-refractivity contribution in [3.05, 3.63) is 89.7 Å². The SMILES string of the molecule is C=CCn1c(COc2ccccc2)nnc1SCc1csc(-c2ccccc2C)n1. The van der Waals surface area contributed by atoms with Gasteiger partial charge in [0.15, 0.2) is 11.0 Å². The Morgan fingerprint density at radius 2 is 1.90 bits per heavy atom. The molecule has 2 aromatic carbocycles. The summed E-state index contributed by atoms with van der Waals surface area (Å²) in [7, 11) is 0. The maximum atomic E-state index is 5.84. The lowest BCUT2D eigenvalue weighted by atomic mass is 10.1. The van der Waals surface area contributed by atoms with E-state index in [2.05, 4.69) is 53.3 Å². The predicted molar refractivity (Wildman–Crippen MR) is 123 cm³/mol. The molecule has 2 aromatic heterocycles. The number of hydrogen-bond acceptors (Lipinski definition) is 6. The van der Waals surface area contributed by atoms with Gasteiger partial charge in [-0.05, 0) is 24.6 Å². The van der Waals surface area contributed by atoms with Gasteiger partial charge in [0.25, 0.3) is 0 Å². The lowest BCUT2D eigenvalue weighted by Crippen LogP contribution is -2.07. The number of hydrogen-bond donors (Lipinski definition) is 0. The Hall–Kier alpha value is -2.90. The Bertz CT molecular complexity index is 1120. The second kappa shape index (κ2) is 9.73. The number of thiazole rings is 1. The summed E-state index contributed by atoms with van der Waals surface area (Å²) in [5.74, 6) is 2.32. The molecule has 30 heavy (non-hydrogen) atoms. The maximum absolute atomic E-state index is 5.84. The molecule has 7 heteroatoms. The van der Waals surface area contributed by atoms with E-state index in [1.54, 1.807) is 23.1 Å². The smallest absolute Gasteiger partial charge is 0.191 e. The average Bonchev–Trinajstić information content (AvgIpc) is 3.39. The molecule has 0 fully saturated rings. The first-order valence-electron chi connectivity index (χ1n) is 9.58. The van der Waals surface area contributed by atoms with E-state index < -0.39 is 0 Å². The Kier molecular flexibility index (Phi) is 6.61. The summed E-state index contributed by atoms with van der Waals surface area (Å²) >= 11 is 3.30. The summed E-state index contributed by atoms with van der Waals surface area (Å²) in [6.07, 6.45) is 1.85. The fourth-order valence-electron chi connectivity index (χ4n) is 2.96. The van der Waals surface area contributed by atoms with E-state index in [9.17, 15) is 0 Å². The van der Waals surface area contributed by atoms with E-state index in [-0.39, 0.29) is 0 Å². The van der Waals surface area contributed by atoms with Crippen molar-refractivity contribution in [2.24, 2.45) is 0 Å².